The molecule has 1 amide bonds. The second kappa shape index (κ2) is 5.98. The average Bonchev–Trinajstić information content (AvgIpc) is 2.62. The van der Waals surface area contributed by atoms with Crippen molar-refractivity contribution in [2.75, 3.05) is 6.54 Å². The Morgan fingerprint density at radius 3 is 2.89 bits per heavy atom. The van der Waals surface area contributed by atoms with Crippen LogP contribution in [0.4, 0.5) is 4.39 Å². The van der Waals surface area contributed by atoms with Gasteiger partial charge < -0.3 is 0 Å². The Bertz CT molecular complexity index is 600. The first-order valence-electron chi connectivity index (χ1n) is 5.34. The Labute approximate surface area is 128 Å². The smallest absolute Gasteiger partial charge is 0.266 e. The van der Waals surface area contributed by atoms with E-state index in [1.54, 1.807) is 24.3 Å². The Kier molecular flexibility index (Phi) is 4.54. The first-order chi connectivity index (χ1) is 9.02. The maximum atomic E-state index is 13.1. The highest BCUT2D eigenvalue weighted by molar-refractivity contribution is 9.10. The van der Waals surface area contributed by atoms with E-state index in [0.717, 1.165) is 5.56 Å². The van der Waals surface area contributed by atoms with Crippen molar-refractivity contribution in [2.24, 2.45) is 0 Å². The van der Waals surface area contributed by atoms with Crippen LogP contribution in [-0.4, -0.2) is 21.7 Å². The van der Waals surface area contributed by atoms with Crippen molar-refractivity contribution >= 4 is 56.2 Å². The van der Waals surface area contributed by atoms with E-state index in [4.69, 9.17) is 12.2 Å². The zero-order chi connectivity index (χ0) is 14.0. The van der Waals surface area contributed by atoms with E-state index in [2.05, 4.69) is 22.5 Å². The molecule has 0 radical (unpaired) electrons. The van der Waals surface area contributed by atoms with Crippen LogP contribution in [0.1, 0.15) is 5.56 Å². The zero-order valence-electron chi connectivity index (χ0n) is 9.73. The lowest BCUT2D eigenvalue weighted by molar-refractivity contribution is -0.121. The normalized spacial score (nSPS) is 17.4. The molecule has 0 saturated carbocycles. The second-order valence-corrected chi connectivity index (χ2v) is 6.28. The number of hydrogen-bond donors (Lipinski definition) is 0. The highest BCUT2D eigenvalue weighted by Crippen LogP contribution is 2.32. The Balaban J connectivity index is 2.29. The molecule has 0 spiro atoms. The molecule has 19 heavy (non-hydrogen) atoms. The van der Waals surface area contributed by atoms with Crippen molar-refractivity contribution in [3.8, 4) is 0 Å². The predicted octanol–water partition coefficient (Wildman–Crippen LogP) is 3.98. The van der Waals surface area contributed by atoms with Crippen molar-refractivity contribution < 1.29 is 9.18 Å². The number of carbonyl (C=O) groups is 1. The van der Waals surface area contributed by atoms with Crippen molar-refractivity contribution in [1.82, 2.24) is 4.90 Å². The maximum Gasteiger partial charge on any atom is 0.266 e. The number of halogens is 2. The molecule has 1 aliphatic rings. The van der Waals surface area contributed by atoms with Gasteiger partial charge in [-0.3, -0.25) is 9.69 Å². The number of thioether (sulfide) groups is 1. The van der Waals surface area contributed by atoms with Gasteiger partial charge in [0.2, 0.25) is 0 Å². The first kappa shape index (κ1) is 14.4. The van der Waals surface area contributed by atoms with Gasteiger partial charge in [0.1, 0.15) is 10.1 Å². The minimum absolute atomic E-state index is 0.143. The van der Waals surface area contributed by atoms with Gasteiger partial charge >= 0.3 is 0 Å². The molecule has 6 heteroatoms. The summed E-state index contributed by atoms with van der Waals surface area (Å²) in [5.74, 6) is -0.480. The van der Waals surface area contributed by atoms with Crippen LogP contribution in [0.25, 0.3) is 6.08 Å². The number of amides is 1. The minimum atomic E-state index is -0.337. The Morgan fingerprint density at radius 1 is 1.53 bits per heavy atom. The van der Waals surface area contributed by atoms with Crippen LogP contribution >= 0.6 is 39.9 Å². The highest BCUT2D eigenvalue weighted by Gasteiger charge is 2.30. The van der Waals surface area contributed by atoms with Gasteiger partial charge in [-0.15, -0.1) is 6.58 Å². The quantitative estimate of drug-likeness (QED) is 0.463. The van der Waals surface area contributed by atoms with E-state index in [9.17, 15) is 9.18 Å². The summed E-state index contributed by atoms with van der Waals surface area (Å²) < 4.78 is 14.0. The summed E-state index contributed by atoms with van der Waals surface area (Å²) in [7, 11) is 0. The van der Waals surface area contributed by atoms with Gasteiger partial charge in [0.15, 0.2) is 0 Å². The molecule has 2 rings (SSSR count). The first-order valence-corrected chi connectivity index (χ1v) is 7.36. The molecule has 1 heterocycles. The van der Waals surface area contributed by atoms with Crippen LogP contribution < -0.4 is 0 Å². The number of carbonyl (C=O) groups excluding carboxylic acids is 1. The number of thiocarbonyl (C=S) groups is 1. The molecular formula is C13H9BrFNOS2. The molecule has 1 aliphatic heterocycles. The summed E-state index contributed by atoms with van der Waals surface area (Å²) in [5.41, 5.74) is 0.743. The fourth-order valence-corrected chi connectivity index (χ4v) is 3.21. The van der Waals surface area contributed by atoms with Gasteiger partial charge in [-0.2, -0.15) is 0 Å². The number of rotatable bonds is 3. The maximum absolute atomic E-state index is 13.1. The van der Waals surface area contributed by atoms with Gasteiger partial charge in [0, 0.05) is 6.54 Å². The molecule has 1 aromatic rings. The molecule has 0 aromatic heterocycles. The fraction of sp³-hybridized carbons (Fsp3) is 0.0769. The zero-order valence-corrected chi connectivity index (χ0v) is 12.9. The van der Waals surface area contributed by atoms with Gasteiger partial charge in [-0.05, 0) is 39.7 Å². The largest absolute Gasteiger partial charge is 0.289 e. The minimum Gasteiger partial charge on any atom is -0.289 e. The summed E-state index contributed by atoms with van der Waals surface area (Å²) in [6, 6.07) is 4.58. The summed E-state index contributed by atoms with van der Waals surface area (Å²) >= 11 is 9.49. The van der Waals surface area contributed by atoms with E-state index in [1.165, 1.54) is 22.7 Å². The van der Waals surface area contributed by atoms with Crippen molar-refractivity contribution in [1.29, 1.82) is 0 Å². The standard InChI is InChI=1S/C13H9BrFNOS2/c1-2-5-16-12(17)11(19-13(16)18)7-8-3-4-10(15)9(14)6-8/h2-4,6-7H,1,5H2. The van der Waals surface area contributed by atoms with Crippen molar-refractivity contribution in [3.05, 3.63) is 51.6 Å². The topological polar surface area (TPSA) is 20.3 Å². The van der Waals surface area contributed by atoms with Gasteiger partial charge in [-0.25, -0.2) is 4.39 Å². The molecule has 1 aromatic carbocycles. The highest BCUT2D eigenvalue weighted by atomic mass is 79.9. The predicted molar refractivity (Wildman–Crippen MR) is 84.2 cm³/mol. The van der Waals surface area contributed by atoms with E-state index in [0.29, 0.717) is 20.2 Å². The average molecular weight is 358 g/mol. The summed E-state index contributed by atoms with van der Waals surface area (Å²) in [6.07, 6.45) is 3.33. The molecule has 0 N–H and O–H groups in total. The van der Waals surface area contributed by atoms with Gasteiger partial charge in [0.05, 0.1) is 9.38 Å². The monoisotopic (exact) mass is 357 g/mol. The van der Waals surface area contributed by atoms with Crippen LogP contribution in [0.5, 0.6) is 0 Å². The lowest BCUT2D eigenvalue weighted by Gasteiger charge is -2.10. The third-order valence-electron chi connectivity index (χ3n) is 2.43. The van der Waals surface area contributed by atoms with Crippen LogP contribution in [0.3, 0.4) is 0 Å². The van der Waals surface area contributed by atoms with Crippen LogP contribution in [0, 0.1) is 5.82 Å². The van der Waals surface area contributed by atoms with Crippen molar-refractivity contribution in [2.45, 2.75) is 0 Å². The summed E-state index contributed by atoms with van der Waals surface area (Å²) in [5, 5.41) is 0. The molecule has 98 valence electrons. The Hall–Kier alpha value is -0.980. The van der Waals surface area contributed by atoms with E-state index in [1.807, 2.05) is 0 Å². The molecule has 0 bridgehead atoms. The van der Waals surface area contributed by atoms with E-state index >= 15 is 0 Å². The molecule has 2 nitrogen and oxygen atoms in total. The van der Waals surface area contributed by atoms with E-state index in [-0.39, 0.29) is 11.7 Å². The van der Waals surface area contributed by atoms with Crippen LogP contribution in [0.15, 0.2) is 40.2 Å². The van der Waals surface area contributed by atoms with E-state index < -0.39 is 0 Å². The van der Waals surface area contributed by atoms with Gasteiger partial charge in [0.25, 0.3) is 5.91 Å². The second-order valence-electron chi connectivity index (χ2n) is 3.75. The third kappa shape index (κ3) is 3.13. The molecule has 0 unspecified atom stereocenters. The summed E-state index contributed by atoms with van der Waals surface area (Å²) in [6.45, 7) is 3.99. The van der Waals surface area contributed by atoms with Crippen molar-refractivity contribution in [3.63, 3.8) is 0 Å². The molecule has 0 aliphatic carbocycles. The molecule has 1 saturated heterocycles. The van der Waals surface area contributed by atoms with Crippen LogP contribution in [0.2, 0.25) is 0 Å². The van der Waals surface area contributed by atoms with Crippen LogP contribution in [-0.2, 0) is 4.79 Å². The third-order valence-corrected chi connectivity index (χ3v) is 4.41. The summed E-state index contributed by atoms with van der Waals surface area (Å²) in [4.78, 5) is 14.1. The fourth-order valence-electron chi connectivity index (χ4n) is 1.54. The SMILES string of the molecule is C=CCN1C(=O)C(=Cc2ccc(F)c(Br)c2)SC1=S. The molecule has 1 fully saturated rings. The lowest BCUT2D eigenvalue weighted by atomic mass is 10.2. The molecule has 0 atom stereocenters. The van der Waals surface area contributed by atoms with Gasteiger partial charge in [-0.1, -0.05) is 36.1 Å². The number of benzene rings is 1. The number of nitrogens with zero attached hydrogens (tertiary/aromatic N) is 1. The molecular weight excluding hydrogens is 349 g/mol. The Morgan fingerprint density at radius 2 is 2.26 bits per heavy atom. The number of hydrogen-bond acceptors (Lipinski definition) is 3. The lowest BCUT2D eigenvalue weighted by Crippen LogP contribution is -2.27.